The molecule has 1 aliphatic rings. The Morgan fingerprint density at radius 3 is 2.84 bits per heavy atom. The quantitative estimate of drug-likeness (QED) is 0.769. The molecule has 0 fully saturated rings. The van der Waals surface area contributed by atoms with Crippen LogP contribution in [-0.2, 0) is 11.2 Å². The summed E-state index contributed by atoms with van der Waals surface area (Å²) >= 11 is 0. The molecule has 0 bridgehead atoms. The van der Waals surface area contributed by atoms with E-state index in [-0.39, 0.29) is 25.1 Å². The van der Waals surface area contributed by atoms with Crippen LogP contribution >= 0.6 is 12.4 Å². The van der Waals surface area contributed by atoms with Crippen molar-refractivity contribution in [1.29, 1.82) is 0 Å². The van der Waals surface area contributed by atoms with Gasteiger partial charge in [0, 0.05) is 13.1 Å². The van der Waals surface area contributed by atoms with Crippen LogP contribution in [0.1, 0.15) is 12.5 Å². The van der Waals surface area contributed by atoms with E-state index < -0.39 is 0 Å². The van der Waals surface area contributed by atoms with E-state index in [9.17, 15) is 4.79 Å². The van der Waals surface area contributed by atoms with E-state index >= 15 is 0 Å². The van der Waals surface area contributed by atoms with Crippen molar-refractivity contribution >= 4 is 18.3 Å². The van der Waals surface area contributed by atoms with Gasteiger partial charge in [0.05, 0.1) is 6.42 Å². The molecule has 19 heavy (non-hydrogen) atoms. The van der Waals surface area contributed by atoms with E-state index in [1.807, 2.05) is 25.1 Å². The molecule has 0 saturated carbocycles. The van der Waals surface area contributed by atoms with Crippen LogP contribution in [0.3, 0.4) is 0 Å². The average molecular weight is 287 g/mol. The Balaban J connectivity index is 0.00000180. The topological polar surface area (TPSA) is 59.6 Å². The summed E-state index contributed by atoms with van der Waals surface area (Å²) in [6, 6.07) is 5.58. The molecule has 0 saturated heterocycles. The van der Waals surface area contributed by atoms with Gasteiger partial charge in [0.1, 0.15) is 0 Å². The first-order valence-corrected chi connectivity index (χ1v) is 6.15. The molecule has 1 amide bonds. The molecule has 2 N–H and O–H groups in total. The van der Waals surface area contributed by atoms with Crippen LogP contribution in [0.15, 0.2) is 18.2 Å². The maximum atomic E-state index is 11.7. The molecule has 0 unspecified atom stereocenters. The summed E-state index contributed by atoms with van der Waals surface area (Å²) in [7, 11) is 0. The molecule has 2 rings (SSSR count). The molecule has 1 aliphatic heterocycles. The smallest absolute Gasteiger partial charge is 0.231 e. The SMILES string of the molecule is CCNCCNC(=O)Cc1ccc2c(c1)OCO2.Cl. The van der Waals surface area contributed by atoms with Crippen molar-refractivity contribution in [3.8, 4) is 11.5 Å². The van der Waals surface area contributed by atoms with Crippen LogP contribution in [0, 0.1) is 0 Å². The summed E-state index contributed by atoms with van der Waals surface area (Å²) in [4.78, 5) is 11.7. The number of hydrogen-bond donors (Lipinski definition) is 2. The van der Waals surface area contributed by atoms with E-state index in [1.54, 1.807) is 0 Å². The van der Waals surface area contributed by atoms with Gasteiger partial charge in [-0.25, -0.2) is 0 Å². The number of hydrogen-bond acceptors (Lipinski definition) is 4. The van der Waals surface area contributed by atoms with E-state index in [1.165, 1.54) is 0 Å². The highest BCUT2D eigenvalue weighted by Gasteiger charge is 2.14. The van der Waals surface area contributed by atoms with E-state index in [4.69, 9.17) is 9.47 Å². The molecule has 1 heterocycles. The van der Waals surface area contributed by atoms with Crippen molar-refractivity contribution in [1.82, 2.24) is 10.6 Å². The fourth-order valence-electron chi connectivity index (χ4n) is 1.77. The van der Waals surface area contributed by atoms with Crippen molar-refractivity contribution in [2.45, 2.75) is 13.3 Å². The van der Waals surface area contributed by atoms with Crippen LogP contribution in [-0.4, -0.2) is 32.3 Å². The van der Waals surface area contributed by atoms with Gasteiger partial charge in [-0.2, -0.15) is 0 Å². The van der Waals surface area contributed by atoms with Crippen LogP contribution in [0.25, 0.3) is 0 Å². The largest absolute Gasteiger partial charge is 0.454 e. The predicted octanol–water partition coefficient (Wildman–Crippen LogP) is 1.11. The van der Waals surface area contributed by atoms with E-state index in [0.717, 1.165) is 24.4 Å². The zero-order chi connectivity index (χ0) is 12.8. The van der Waals surface area contributed by atoms with Gasteiger partial charge in [-0.15, -0.1) is 12.4 Å². The highest BCUT2D eigenvalue weighted by atomic mass is 35.5. The Morgan fingerprint density at radius 1 is 1.26 bits per heavy atom. The number of rotatable bonds is 6. The number of ether oxygens (including phenoxy) is 2. The Bertz CT molecular complexity index is 426. The van der Waals surface area contributed by atoms with Gasteiger partial charge in [-0.1, -0.05) is 13.0 Å². The predicted molar refractivity (Wildman–Crippen MR) is 75.1 cm³/mol. The summed E-state index contributed by atoms with van der Waals surface area (Å²) in [5, 5.41) is 6.01. The molecule has 5 nitrogen and oxygen atoms in total. The van der Waals surface area contributed by atoms with Gasteiger partial charge < -0.3 is 20.1 Å². The number of likely N-dealkylation sites (N-methyl/N-ethyl adjacent to an activating group) is 1. The Kier molecular flexibility index (Phi) is 6.45. The molecule has 6 heteroatoms. The lowest BCUT2D eigenvalue weighted by Gasteiger charge is -2.06. The maximum absolute atomic E-state index is 11.7. The van der Waals surface area contributed by atoms with Gasteiger partial charge in [0.15, 0.2) is 11.5 Å². The summed E-state index contributed by atoms with van der Waals surface area (Å²) in [6.07, 6.45) is 0.364. The summed E-state index contributed by atoms with van der Waals surface area (Å²) < 4.78 is 10.5. The average Bonchev–Trinajstić information content (AvgIpc) is 2.82. The zero-order valence-corrected chi connectivity index (χ0v) is 11.7. The number of carbonyl (C=O) groups excluding carboxylic acids is 1. The van der Waals surface area contributed by atoms with Gasteiger partial charge in [0.25, 0.3) is 0 Å². The number of amides is 1. The minimum absolute atomic E-state index is 0. The van der Waals surface area contributed by atoms with Crippen molar-refractivity contribution in [2.75, 3.05) is 26.4 Å². The normalized spacial score (nSPS) is 11.8. The standard InChI is InChI=1S/C13H18N2O3.ClH/c1-2-14-5-6-15-13(16)8-10-3-4-11-12(7-10)18-9-17-11;/h3-4,7,14H,2,5-6,8-9H2,1H3,(H,15,16);1H. The van der Waals surface area contributed by atoms with Gasteiger partial charge in [-0.3, -0.25) is 4.79 Å². The minimum Gasteiger partial charge on any atom is -0.454 e. The Morgan fingerprint density at radius 2 is 2.05 bits per heavy atom. The molecular weight excluding hydrogens is 268 g/mol. The van der Waals surface area contributed by atoms with Gasteiger partial charge >= 0.3 is 0 Å². The highest BCUT2D eigenvalue weighted by molar-refractivity contribution is 5.85. The van der Waals surface area contributed by atoms with Crippen LogP contribution in [0.4, 0.5) is 0 Å². The number of nitrogens with one attached hydrogen (secondary N) is 2. The molecule has 0 radical (unpaired) electrons. The third-order valence-corrected chi connectivity index (χ3v) is 2.68. The first kappa shape index (κ1) is 15.6. The number of carbonyl (C=O) groups is 1. The number of fused-ring (bicyclic) bond motifs is 1. The van der Waals surface area contributed by atoms with Crippen molar-refractivity contribution in [2.24, 2.45) is 0 Å². The molecular formula is C13H19ClN2O3. The van der Waals surface area contributed by atoms with Crippen LogP contribution < -0.4 is 20.1 Å². The van der Waals surface area contributed by atoms with Crippen molar-refractivity contribution in [3.05, 3.63) is 23.8 Å². The third-order valence-electron chi connectivity index (χ3n) is 2.68. The molecule has 0 aliphatic carbocycles. The molecule has 0 aromatic heterocycles. The molecule has 1 aromatic carbocycles. The second-order valence-corrected chi connectivity index (χ2v) is 4.07. The Hall–Kier alpha value is -1.46. The minimum atomic E-state index is 0. The van der Waals surface area contributed by atoms with Crippen molar-refractivity contribution in [3.63, 3.8) is 0 Å². The van der Waals surface area contributed by atoms with Gasteiger partial charge in [0.2, 0.25) is 12.7 Å². The second kappa shape index (κ2) is 7.86. The number of halogens is 1. The molecule has 106 valence electrons. The van der Waals surface area contributed by atoms with Crippen molar-refractivity contribution < 1.29 is 14.3 Å². The van der Waals surface area contributed by atoms with E-state index in [0.29, 0.717) is 18.7 Å². The molecule has 1 aromatic rings. The lowest BCUT2D eigenvalue weighted by Crippen LogP contribution is -2.32. The van der Waals surface area contributed by atoms with Crippen LogP contribution in [0.2, 0.25) is 0 Å². The fourth-order valence-corrected chi connectivity index (χ4v) is 1.77. The van der Waals surface area contributed by atoms with Crippen LogP contribution in [0.5, 0.6) is 11.5 Å². The fraction of sp³-hybridized carbons (Fsp3) is 0.462. The first-order valence-electron chi connectivity index (χ1n) is 6.15. The second-order valence-electron chi connectivity index (χ2n) is 4.07. The van der Waals surface area contributed by atoms with E-state index in [2.05, 4.69) is 10.6 Å². The lowest BCUT2D eigenvalue weighted by molar-refractivity contribution is -0.120. The monoisotopic (exact) mass is 286 g/mol. The summed E-state index contributed by atoms with van der Waals surface area (Å²) in [5.74, 6) is 1.48. The lowest BCUT2D eigenvalue weighted by atomic mass is 10.1. The number of benzene rings is 1. The van der Waals surface area contributed by atoms with Gasteiger partial charge in [-0.05, 0) is 24.2 Å². The maximum Gasteiger partial charge on any atom is 0.231 e. The third kappa shape index (κ3) is 4.61. The first-order chi connectivity index (χ1) is 8.79. The highest BCUT2D eigenvalue weighted by Crippen LogP contribution is 2.32. The summed E-state index contributed by atoms with van der Waals surface area (Å²) in [6.45, 7) is 4.65. The summed E-state index contributed by atoms with van der Waals surface area (Å²) in [5.41, 5.74) is 0.931. The Labute approximate surface area is 119 Å². The zero-order valence-electron chi connectivity index (χ0n) is 10.9. The molecule has 0 spiro atoms. The molecule has 0 atom stereocenters.